The maximum absolute atomic E-state index is 13.6. The molecule has 1 atom stereocenters. The lowest BCUT2D eigenvalue weighted by atomic mass is 9.95. The summed E-state index contributed by atoms with van der Waals surface area (Å²) in [4.78, 5) is 32.0. The number of benzene rings is 2. The van der Waals surface area contributed by atoms with Gasteiger partial charge in [0.25, 0.3) is 5.91 Å². The van der Waals surface area contributed by atoms with Gasteiger partial charge in [-0.1, -0.05) is 30.3 Å². The number of aromatic nitrogens is 1. The second-order valence-corrected chi connectivity index (χ2v) is 7.98. The first-order chi connectivity index (χ1) is 14.9. The lowest BCUT2D eigenvalue weighted by Gasteiger charge is -2.24. The highest BCUT2D eigenvalue weighted by molar-refractivity contribution is 7.14. The Morgan fingerprint density at radius 3 is 2.61 bits per heavy atom. The minimum Gasteiger partial charge on any atom is -0.503 e. The molecule has 0 saturated heterocycles. The zero-order valence-electron chi connectivity index (χ0n) is 16.2. The van der Waals surface area contributed by atoms with Crippen LogP contribution in [0.25, 0.3) is 11.0 Å². The number of aryl methyl sites for hydroxylation is 1. The summed E-state index contributed by atoms with van der Waals surface area (Å²) in [5.74, 6) is -2.49. The number of aliphatic hydroxyl groups excluding tert-OH is 1. The lowest BCUT2D eigenvalue weighted by molar-refractivity contribution is -0.117. The first-order valence-corrected chi connectivity index (χ1v) is 10.3. The van der Waals surface area contributed by atoms with Crippen molar-refractivity contribution in [1.82, 2.24) is 4.98 Å². The molecule has 2 aromatic carbocycles. The second-order valence-electron chi connectivity index (χ2n) is 7.14. The van der Waals surface area contributed by atoms with Gasteiger partial charge in [-0.3, -0.25) is 14.5 Å². The maximum atomic E-state index is 13.6. The number of nitrogens with zero attached hydrogens (tertiary/aromatic N) is 2. The zero-order valence-corrected chi connectivity index (χ0v) is 17.0. The number of Topliss-reactive ketones (excluding diaryl/α,β-unsaturated/α-hetero) is 1. The number of anilines is 1. The number of carbonyl (C=O) groups excluding carboxylic acids is 2. The van der Waals surface area contributed by atoms with Crippen molar-refractivity contribution in [3.05, 3.63) is 94.1 Å². The number of furan rings is 1. The summed E-state index contributed by atoms with van der Waals surface area (Å²) in [7, 11) is 0. The second kappa shape index (κ2) is 7.17. The molecule has 1 N–H and O–H groups in total. The van der Waals surface area contributed by atoms with Gasteiger partial charge in [-0.2, -0.15) is 0 Å². The minimum atomic E-state index is -0.973. The Labute approximate surface area is 179 Å². The number of aliphatic hydroxyl groups is 1. The first kappa shape index (κ1) is 19.2. The molecule has 154 valence electrons. The van der Waals surface area contributed by atoms with Gasteiger partial charge in [-0.05, 0) is 36.8 Å². The number of halogens is 1. The van der Waals surface area contributed by atoms with Crippen LogP contribution in [0.4, 0.5) is 9.52 Å². The Hall–Kier alpha value is -3.78. The predicted octanol–water partition coefficient (Wildman–Crippen LogP) is 5.12. The smallest absolute Gasteiger partial charge is 0.296 e. The van der Waals surface area contributed by atoms with Gasteiger partial charge in [-0.15, -0.1) is 11.3 Å². The van der Waals surface area contributed by atoms with Crippen molar-refractivity contribution < 1.29 is 23.5 Å². The number of amides is 1. The molecule has 1 aliphatic heterocycles. The molecular weight excluding hydrogens is 419 g/mol. The van der Waals surface area contributed by atoms with Crippen molar-refractivity contribution in [1.29, 1.82) is 0 Å². The van der Waals surface area contributed by atoms with Gasteiger partial charge in [0, 0.05) is 10.8 Å². The fourth-order valence-corrected chi connectivity index (χ4v) is 4.50. The molecule has 1 amide bonds. The van der Waals surface area contributed by atoms with E-state index in [1.807, 2.05) is 6.07 Å². The maximum Gasteiger partial charge on any atom is 0.296 e. The van der Waals surface area contributed by atoms with Crippen LogP contribution < -0.4 is 4.90 Å². The summed E-state index contributed by atoms with van der Waals surface area (Å²) in [6.07, 6.45) is 0. The molecule has 0 bridgehead atoms. The van der Waals surface area contributed by atoms with Crippen LogP contribution in [0.1, 0.15) is 27.9 Å². The molecule has 0 fully saturated rings. The highest BCUT2D eigenvalue weighted by Gasteiger charge is 2.46. The van der Waals surface area contributed by atoms with Crippen LogP contribution in [0.3, 0.4) is 0 Å². The highest BCUT2D eigenvalue weighted by Crippen LogP contribution is 2.43. The molecule has 0 spiro atoms. The fraction of sp³-hybridized carbons (Fsp3) is 0.0870. The number of hydrogen-bond acceptors (Lipinski definition) is 6. The molecule has 6 nitrogen and oxygen atoms in total. The Kier molecular flexibility index (Phi) is 4.44. The summed E-state index contributed by atoms with van der Waals surface area (Å²) in [6, 6.07) is 13.2. The number of thiazole rings is 1. The van der Waals surface area contributed by atoms with Gasteiger partial charge in [0.1, 0.15) is 11.4 Å². The summed E-state index contributed by atoms with van der Waals surface area (Å²) in [5, 5.41) is 13.5. The molecule has 1 aliphatic rings. The van der Waals surface area contributed by atoms with Gasteiger partial charge in [0.05, 0.1) is 17.3 Å². The SMILES string of the molecule is Cc1csc(N2C(=O)C(O)=C(C(=O)c3cc4ccccc4o3)C2c2ccc(F)cc2)n1. The summed E-state index contributed by atoms with van der Waals surface area (Å²) >= 11 is 1.21. The van der Waals surface area contributed by atoms with Crippen LogP contribution in [0.15, 0.2) is 75.7 Å². The monoisotopic (exact) mass is 434 g/mol. The number of ketones is 1. The van der Waals surface area contributed by atoms with Crippen molar-refractivity contribution in [3.63, 3.8) is 0 Å². The van der Waals surface area contributed by atoms with Gasteiger partial charge in [0.15, 0.2) is 16.7 Å². The van der Waals surface area contributed by atoms with Gasteiger partial charge < -0.3 is 9.52 Å². The van der Waals surface area contributed by atoms with Crippen molar-refractivity contribution in [2.24, 2.45) is 0 Å². The predicted molar refractivity (Wildman–Crippen MR) is 114 cm³/mol. The molecule has 2 aromatic heterocycles. The van der Waals surface area contributed by atoms with E-state index in [0.717, 1.165) is 5.39 Å². The fourth-order valence-electron chi connectivity index (χ4n) is 3.67. The molecule has 8 heteroatoms. The van der Waals surface area contributed by atoms with Gasteiger partial charge in [-0.25, -0.2) is 9.37 Å². The first-order valence-electron chi connectivity index (χ1n) is 9.41. The van der Waals surface area contributed by atoms with Crippen LogP contribution in [0.5, 0.6) is 0 Å². The van der Waals surface area contributed by atoms with E-state index in [9.17, 15) is 19.1 Å². The number of carbonyl (C=O) groups is 2. The van der Waals surface area contributed by atoms with E-state index in [2.05, 4.69) is 4.98 Å². The summed E-state index contributed by atoms with van der Waals surface area (Å²) < 4.78 is 19.2. The largest absolute Gasteiger partial charge is 0.503 e. The van der Waals surface area contributed by atoms with E-state index in [4.69, 9.17) is 4.42 Å². The van der Waals surface area contributed by atoms with Crippen LogP contribution in [0.2, 0.25) is 0 Å². The topological polar surface area (TPSA) is 83.6 Å². The van der Waals surface area contributed by atoms with E-state index >= 15 is 0 Å². The van der Waals surface area contributed by atoms with Crippen molar-refractivity contribution in [2.45, 2.75) is 13.0 Å². The average Bonchev–Trinajstić information content (AvgIpc) is 3.45. The van der Waals surface area contributed by atoms with Crippen molar-refractivity contribution in [3.8, 4) is 0 Å². The third-order valence-corrected chi connectivity index (χ3v) is 6.06. The summed E-state index contributed by atoms with van der Waals surface area (Å²) in [6.45, 7) is 1.78. The Bertz CT molecular complexity index is 1340. The Morgan fingerprint density at radius 2 is 1.94 bits per heavy atom. The molecular formula is C23H15FN2O4S. The molecule has 0 saturated carbocycles. The van der Waals surface area contributed by atoms with Gasteiger partial charge in [0.2, 0.25) is 5.78 Å². The average molecular weight is 434 g/mol. The van der Waals surface area contributed by atoms with Gasteiger partial charge >= 0.3 is 0 Å². The third-order valence-electron chi connectivity index (χ3n) is 5.10. The lowest BCUT2D eigenvalue weighted by Crippen LogP contribution is -2.31. The number of para-hydroxylation sites is 1. The molecule has 31 heavy (non-hydrogen) atoms. The van der Waals surface area contributed by atoms with Crippen LogP contribution in [-0.2, 0) is 4.79 Å². The molecule has 5 rings (SSSR count). The molecule has 0 radical (unpaired) electrons. The highest BCUT2D eigenvalue weighted by atomic mass is 32.1. The van der Waals surface area contributed by atoms with Crippen LogP contribution in [0, 0.1) is 12.7 Å². The minimum absolute atomic E-state index is 0.000156. The van der Waals surface area contributed by atoms with E-state index in [0.29, 0.717) is 22.0 Å². The van der Waals surface area contributed by atoms with E-state index in [-0.39, 0.29) is 11.3 Å². The van der Waals surface area contributed by atoms with E-state index in [1.54, 1.807) is 36.6 Å². The number of hydrogen-bond donors (Lipinski definition) is 1. The number of fused-ring (bicyclic) bond motifs is 1. The van der Waals surface area contributed by atoms with E-state index < -0.39 is 29.3 Å². The van der Waals surface area contributed by atoms with E-state index in [1.165, 1.54) is 40.5 Å². The zero-order chi connectivity index (χ0) is 21.7. The Morgan fingerprint density at radius 1 is 1.19 bits per heavy atom. The normalized spacial score (nSPS) is 16.5. The third kappa shape index (κ3) is 3.12. The standard InChI is InChI=1S/C23H15FN2O4S/c1-12-11-31-23(25-12)26-19(13-6-8-15(24)9-7-13)18(21(28)22(26)29)20(27)17-10-14-4-2-3-5-16(14)30-17/h2-11,19,28H,1H3. The van der Waals surface area contributed by atoms with Crippen LogP contribution >= 0.6 is 11.3 Å². The summed E-state index contributed by atoms with van der Waals surface area (Å²) in [5.41, 5.74) is 1.54. The molecule has 0 aliphatic carbocycles. The molecule has 4 aromatic rings. The molecule has 1 unspecified atom stereocenters. The van der Waals surface area contributed by atoms with Crippen molar-refractivity contribution >= 4 is 39.1 Å². The number of rotatable bonds is 4. The molecule has 3 heterocycles. The van der Waals surface area contributed by atoms with Crippen LogP contribution in [-0.4, -0.2) is 21.8 Å². The van der Waals surface area contributed by atoms with Crippen molar-refractivity contribution in [2.75, 3.05) is 4.90 Å². The quantitative estimate of drug-likeness (QED) is 0.451. The Balaban J connectivity index is 1.66.